The van der Waals surface area contributed by atoms with E-state index in [9.17, 15) is 0 Å². The Morgan fingerprint density at radius 1 is 1.64 bits per heavy atom. The van der Waals surface area contributed by atoms with Gasteiger partial charge in [0.25, 0.3) is 0 Å². The first-order chi connectivity index (χ1) is 5.09. The minimum atomic E-state index is -0.229. The minimum Gasteiger partial charge on any atom is -0.392 e. The fourth-order valence-electron chi connectivity index (χ4n) is 1.62. The van der Waals surface area contributed by atoms with Crippen LogP contribution in [0.1, 0.15) is 13.8 Å². The fraction of sp³-hybridized carbons (Fsp3) is 1.00. The Balaban J connectivity index is 2.29. The van der Waals surface area contributed by atoms with E-state index in [2.05, 4.69) is 11.8 Å². The van der Waals surface area contributed by atoms with Crippen molar-refractivity contribution in [3.63, 3.8) is 0 Å². The van der Waals surface area contributed by atoms with Crippen molar-refractivity contribution in [2.24, 2.45) is 11.7 Å². The van der Waals surface area contributed by atoms with E-state index in [4.69, 9.17) is 10.8 Å². The standard InChI is InChI=1S/C8H18N2O/c1-6-3-10(4-7(2)11)5-8(6)9/h6-8,11H,3-5,9H2,1-2H3/t6?,7-,8?/m0/s1. The van der Waals surface area contributed by atoms with Crippen molar-refractivity contribution < 1.29 is 5.11 Å². The van der Waals surface area contributed by atoms with Crippen molar-refractivity contribution in [2.45, 2.75) is 26.0 Å². The largest absolute Gasteiger partial charge is 0.392 e. The van der Waals surface area contributed by atoms with Crippen LogP contribution in [0.2, 0.25) is 0 Å². The van der Waals surface area contributed by atoms with Gasteiger partial charge in [-0.1, -0.05) is 6.92 Å². The SMILES string of the molecule is CC1CN(C[C@H](C)O)CC1N. The van der Waals surface area contributed by atoms with Crippen LogP contribution in [0.5, 0.6) is 0 Å². The van der Waals surface area contributed by atoms with Crippen LogP contribution in [-0.4, -0.2) is 41.8 Å². The van der Waals surface area contributed by atoms with Crippen molar-refractivity contribution in [3.05, 3.63) is 0 Å². The third-order valence-corrected chi connectivity index (χ3v) is 2.27. The monoisotopic (exact) mass is 158 g/mol. The smallest absolute Gasteiger partial charge is 0.0639 e. The third kappa shape index (κ3) is 2.43. The average Bonchev–Trinajstić information content (AvgIpc) is 2.10. The molecule has 66 valence electrons. The van der Waals surface area contributed by atoms with Gasteiger partial charge in [-0.15, -0.1) is 0 Å². The summed E-state index contributed by atoms with van der Waals surface area (Å²) in [6.07, 6.45) is -0.229. The molecule has 3 atom stereocenters. The van der Waals surface area contributed by atoms with Gasteiger partial charge in [-0.2, -0.15) is 0 Å². The zero-order valence-corrected chi connectivity index (χ0v) is 7.33. The lowest BCUT2D eigenvalue weighted by atomic mass is 10.1. The van der Waals surface area contributed by atoms with Crippen molar-refractivity contribution >= 4 is 0 Å². The first-order valence-electron chi connectivity index (χ1n) is 4.25. The predicted molar refractivity (Wildman–Crippen MR) is 45.3 cm³/mol. The molecular weight excluding hydrogens is 140 g/mol. The van der Waals surface area contributed by atoms with Gasteiger partial charge in [0.1, 0.15) is 0 Å². The molecule has 1 aliphatic heterocycles. The number of hydrogen-bond acceptors (Lipinski definition) is 3. The van der Waals surface area contributed by atoms with Gasteiger partial charge >= 0.3 is 0 Å². The molecule has 3 nitrogen and oxygen atoms in total. The molecule has 0 saturated carbocycles. The van der Waals surface area contributed by atoms with Gasteiger partial charge in [0.2, 0.25) is 0 Å². The molecule has 1 heterocycles. The summed E-state index contributed by atoms with van der Waals surface area (Å²) in [7, 11) is 0. The van der Waals surface area contributed by atoms with E-state index in [1.54, 1.807) is 0 Å². The molecular formula is C8H18N2O. The molecule has 3 heteroatoms. The van der Waals surface area contributed by atoms with Gasteiger partial charge in [-0.25, -0.2) is 0 Å². The van der Waals surface area contributed by atoms with Crippen LogP contribution in [0.15, 0.2) is 0 Å². The Kier molecular flexibility index (Phi) is 2.87. The van der Waals surface area contributed by atoms with Crippen molar-refractivity contribution in [1.29, 1.82) is 0 Å². The zero-order valence-electron chi connectivity index (χ0n) is 7.33. The maximum atomic E-state index is 9.10. The number of β-amino-alcohol motifs (C(OH)–C–C–N with tert-alkyl or cyclic N) is 1. The van der Waals surface area contributed by atoms with Crippen LogP contribution in [0.25, 0.3) is 0 Å². The molecule has 0 aliphatic carbocycles. The van der Waals surface area contributed by atoms with Gasteiger partial charge in [0.15, 0.2) is 0 Å². The van der Waals surface area contributed by atoms with E-state index in [1.165, 1.54) is 0 Å². The number of hydrogen-bond donors (Lipinski definition) is 2. The first-order valence-corrected chi connectivity index (χ1v) is 4.25. The first kappa shape index (κ1) is 8.97. The normalized spacial score (nSPS) is 36.0. The summed E-state index contributed by atoms with van der Waals surface area (Å²) in [6.45, 7) is 6.71. The number of likely N-dealkylation sites (tertiary alicyclic amines) is 1. The molecule has 1 rings (SSSR count). The molecule has 0 radical (unpaired) electrons. The van der Waals surface area contributed by atoms with Crippen molar-refractivity contribution in [1.82, 2.24) is 4.90 Å². The molecule has 3 N–H and O–H groups in total. The van der Waals surface area contributed by atoms with Crippen molar-refractivity contribution in [3.8, 4) is 0 Å². The summed E-state index contributed by atoms with van der Waals surface area (Å²) in [5, 5.41) is 9.10. The Morgan fingerprint density at radius 2 is 2.27 bits per heavy atom. The molecule has 0 aromatic heterocycles. The molecule has 0 amide bonds. The summed E-state index contributed by atoms with van der Waals surface area (Å²) in [5.41, 5.74) is 5.82. The summed E-state index contributed by atoms with van der Waals surface area (Å²) >= 11 is 0. The molecule has 0 aromatic carbocycles. The topological polar surface area (TPSA) is 49.5 Å². The lowest BCUT2D eigenvalue weighted by Crippen LogP contribution is -2.32. The molecule has 0 bridgehead atoms. The molecule has 1 fully saturated rings. The quantitative estimate of drug-likeness (QED) is 0.577. The van der Waals surface area contributed by atoms with Crippen LogP contribution < -0.4 is 5.73 Å². The number of aliphatic hydroxyl groups excluding tert-OH is 1. The summed E-state index contributed by atoms with van der Waals surface area (Å²) < 4.78 is 0. The van der Waals surface area contributed by atoms with Crippen LogP contribution in [-0.2, 0) is 0 Å². The summed E-state index contributed by atoms with van der Waals surface area (Å²) in [5.74, 6) is 0.578. The second-order valence-corrected chi connectivity index (χ2v) is 3.71. The molecule has 1 saturated heterocycles. The number of nitrogens with zero attached hydrogens (tertiary/aromatic N) is 1. The van der Waals surface area contributed by atoms with Gasteiger partial charge in [-0.05, 0) is 12.8 Å². The van der Waals surface area contributed by atoms with E-state index in [1.807, 2.05) is 6.92 Å². The molecule has 1 aliphatic rings. The highest BCUT2D eigenvalue weighted by Crippen LogP contribution is 2.13. The predicted octanol–water partition coefficient (Wildman–Crippen LogP) is -0.354. The number of nitrogens with two attached hydrogens (primary N) is 1. The van der Waals surface area contributed by atoms with Gasteiger partial charge in [-0.3, -0.25) is 4.90 Å². The Labute approximate surface area is 68.2 Å². The highest BCUT2D eigenvalue weighted by atomic mass is 16.3. The lowest BCUT2D eigenvalue weighted by molar-refractivity contribution is 0.139. The van der Waals surface area contributed by atoms with Crippen LogP contribution in [0.4, 0.5) is 0 Å². The Hall–Kier alpha value is -0.120. The maximum absolute atomic E-state index is 9.10. The van der Waals surface area contributed by atoms with E-state index in [-0.39, 0.29) is 6.10 Å². The van der Waals surface area contributed by atoms with E-state index in [0.29, 0.717) is 12.0 Å². The second-order valence-electron chi connectivity index (χ2n) is 3.71. The number of aliphatic hydroxyl groups is 1. The van der Waals surface area contributed by atoms with Crippen molar-refractivity contribution in [2.75, 3.05) is 19.6 Å². The van der Waals surface area contributed by atoms with Crippen LogP contribution in [0, 0.1) is 5.92 Å². The Bertz CT molecular complexity index is 115. The Morgan fingerprint density at radius 3 is 2.64 bits per heavy atom. The number of rotatable bonds is 2. The molecule has 11 heavy (non-hydrogen) atoms. The molecule has 0 aromatic rings. The van der Waals surface area contributed by atoms with Crippen LogP contribution in [0.3, 0.4) is 0 Å². The highest BCUT2D eigenvalue weighted by molar-refractivity contribution is 4.84. The van der Waals surface area contributed by atoms with E-state index in [0.717, 1.165) is 19.6 Å². The molecule has 2 unspecified atom stereocenters. The van der Waals surface area contributed by atoms with Gasteiger partial charge in [0.05, 0.1) is 6.10 Å². The summed E-state index contributed by atoms with van der Waals surface area (Å²) in [4.78, 5) is 2.22. The van der Waals surface area contributed by atoms with E-state index >= 15 is 0 Å². The maximum Gasteiger partial charge on any atom is 0.0639 e. The minimum absolute atomic E-state index is 0.229. The zero-order chi connectivity index (χ0) is 8.43. The van der Waals surface area contributed by atoms with Gasteiger partial charge < -0.3 is 10.8 Å². The van der Waals surface area contributed by atoms with Gasteiger partial charge in [0, 0.05) is 25.7 Å². The summed E-state index contributed by atoms with van der Waals surface area (Å²) in [6, 6.07) is 0.300. The fourth-order valence-corrected chi connectivity index (χ4v) is 1.62. The highest BCUT2D eigenvalue weighted by Gasteiger charge is 2.26. The second kappa shape index (κ2) is 3.52. The lowest BCUT2D eigenvalue weighted by Gasteiger charge is -2.16. The average molecular weight is 158 g/mol. The van der Waals surface area contributed by atoms with Crippen LogP contribution >= 0.6 is 0 Å². The van der Waals surface area contributed by atoms with E-state index < -0.39 is 0 Å². The third-order valence-electron chi connectivity index (χ3n) is 2.27. The molecule has 0 spiro atoms.